The average molecular weight is 153 g/mol. The predicted octanol–water partition coefficient (Wildman–Crippen LogP) is 1.36. The van der Waals surface area contributed by atoms with Gasteiger partial charge in [0.25, 0.3) is 0 Å². The fourth-order valence-corrected chi connectivity index (χ4v) is 0.768. The van der Waals surface area contributed by atoms with Crippen LogP contribution in [0, 0.1) is 4.51 Å². The van der Waals surface area contributed by atoms with Crippen molar-refractivity contribution in [3.8, 4) is 0 Å². The van der Waals surface area contributed by atoms with E-state index in [9.17, 15) is 0 Å². The van der Waals surface area contributed by atoms with Crippen molar-refractivity contribution in [3.05, 3.63) is 22.8 Å². The van der Waals surface area contributed by atoms with Gasteiger partial charge in [-0.1, -0.05) is 12.2 Å². The molecular formula is C6H7N3S. The number of hydrogen-bond donors (Lipinski definition) is 2. The first kappa shape index (κ1) is 6.95. The van der Waals surface area contributed by atoms with Crippen molar-refractivity contribution in [2.24, 2.45) is 10.7 Å². The molecule has 0 aliphatic heterocycles. The first-order valence-corrected chi connectivity index (χ1v) is 3.17. The van der Waals surface area contributed by atoms with E-state index in [1.54, 1.807) is 18.3 Å². The summed E-state index contributed by atoms with van der Waals surface area (Å²) in [7, 11) is 0. The number of rotatable bonds is 1. The number of hydrogen-bond acceptors (Lipinski definition) is 2. The highest BCUT2D eigenvalue weighted by Gasteiger charge is 1.82. The molecule has 0 fully saturated rings. The fraction of sp³-hybridized carbons (Fsp3) is 0. The van der Waals surface area contributed by atoms with Crippen LogP contribution in [0.4, 0.5) is 5.82 Å². The number of nitrogens with two attached hydrogens (primary N) is 1. The average Bonchev–Trinajstić information content (AvgIpc) is 1.88. The van der Waals surface area contributed by atoms with Gasteiger partial charge >= 0.3 is 0 Å². The van der Waals surface area contributed by atoms with E-state index < -0.39 is 0 Å². The smallest absolute Gasteiger partial charge is 0.133 e. The van der Waals surface area contributed by atoms with Gasteiger partial charge in [-0.3, -0.25) is 0 Å². The highest BCUT2D eigenvalue weighted by molar-refractivity contribution is 7.71. The van der Waals surface area contributed by atoms with Crippen molar-refractivity contribution >= 4 is 24.4 Å². The third-order valence-electron chi connectivity index (χ3n) is 0.971. The number of aliphatic imine (C=N–C) groups is 1. The quantitative estimate of drug-likeness (QED) is 0.363. The molecule has 10 heavy (non-hydrogen) atoms. The molecule has 0 amide bonds. The lowest BCUT2D eigenvalue weighted by Crippen LogP contribution is -1.86. The van der Waals surface area contributed by atoms with Crippen LogP contribution in [0.1, 0.15) is 0 Å². The Hall–Kier alpha value is -1.16. The highest BCUT2D eigenvalue weighted by Crippen LogP contribution is 2.04. The number of pyridine rings is 1. The first-order chi connectivity index (χ1) is 4.83. The van der Waals surface area contributed by atoms with Crippen LogP contribution in [0.5, 0.6) is 0 Å². The summed E-state index contributed by atoms with van der Waals surface area (Å²) in [4.78, 5) is 6.66. The van der Waals surface area contributed by atoms with E-state index in [0.29, 0.717) is 5.82 Å². The molecule has 0 aliphatic carbocycles. The standard InChI is InChI=1S/C6H7N3S/c7-4-9-6-3-5(10)1-2-8-6/h1-4H,(H3,7,8,9,10). The predicted molar refractivity (Wildman–Crippen MR) is 44.0 cm³/mol. The van der Waals surface area contributed by atoms with Gasteiger partial charge < -0.3 is 10.7 Å². The number of aromatic nitrogens is 1. The van der Waals surface area contributed by atoms with Crippen LogP contribution in [0.25, 0.3) is 0 Å². The lowest BCUT2D eigenvalue weighted by Gasteiger charge is -1.89. The second kappa shape index (κ2) is 3.12. The minimum atomic E-state index is 0.676. The molecule has 0 aromatic carbocycles. The first-order valence-electron chi connectivity index (χ1n) is 2.76. The summed E-state index contributed by atoms with van der Waals surface area (Å²) in [6, 6.07) is 3.52. The molecule has 0 atom stereocenters. The largest absolute Gasteiger partial charge is 0.390 e. The molecule has 0 unspecified atom stereocenters. The Morgan fingerprint density at radius 1 is 1.70 bits per heavy atom. The van der Waals surface area contributed by atoms with E-state index in [-0.39, 0.29) is 0 Å². The van der Waals surface area contributed by atoms with Crippen molar-refractivity contribution in [2.75, 3.05) is 0 Å². The van der Waals surface area contributed by atoms with E-state index >= 15 is 0 Å². The Bertz CT molecular complexity index is 289. The second-order valence-corrected chi connectivity index (χ2v) is 2.16. The van der Waals surface area contributed by atoms with Gasteiger partial charge in [-0.15, -0.1) is 0 Å². The van der Waals surface area contributed by atoms with Crippen molar-refractivity contribution < 1.29 is 0 Å². The van der Waals surface area contributed by atoms with Crippen LogP contribution in [0.3, 0.4) is 0 Å². The minimum absolute atomic E-state index is 0.676. The maximum Gasteiger partial charge on any atom is 0.133 e. The molecule has 0 saturated carbocycles. The van der Waals surface area contributed by atoms with E-state index in [4.69, 9.17) is 18.0 Å². The Morgan fingerprint density at radius 2 is 2.50 bits per heavy atom. The van der Waals surface area contributed by atoms with Gasteiger partial charge in [0.15, 0.2) is 0 Å². The van der Waals surface area contributed by atoms with Crippen molar-refractivity contribution in [1.82, 2.24) is 4.98 Å². The van der Waals surface area contributed by atoms with Crippen molar-refractivity contribution in [3.63, 3.8) is 0 Å². The molecule has 1 aromatic rings. The summed E-state index contributed by atoms with van der Waals surface area (Å²) in [6.45, 7) is 0. The van der Waals surface area contributed by atoms with Crippen LogP contribution in [-0.4, -0.2) is 11.3 Å². The molecule has 0 radical (unpaired) electrons. The molecule has 3 N–H and O–H groups in total. The van der Waals surface area contributed by atoms with Crippen LogP contribution in [0.15, 0.2) is 23.3 Å². The third kappa shape index (κ3) is 1.66. The maximum atomic E-state index is 5.06. The molecule has 0 spiro atoms. The monoisotopic (exact) mass is 153 g/mol. The van der Waals surface area contributed by atoms with Crippen molar-refractivity contribution in [2.45, 2.75) is 0 Å². The number of H-pyrrole nitrogens is 1. The lowest BCUT2D eigenvalue weighted by atomic mass is 10.5. The van der Waals surface area contributed by atoms with E-state index in [1.165, 1.54) is 6.34 Å². The number of nitrogens with zero attached hydrogens (tertiary/aromatic N) is 1. The molecule has 4 heteroatoms. The summed E-state index contributed by atoms with van der Waals surface area (Å²) in [6.07, 6.45) is 2.95. The molecule has 1 heterocycles. The second-order valence-electron chi connectivity index (χ2n) is 1.69. The van der Waals surface area contributed by atoms with Crippen molar-refractivity contribution in [1.29, 1.82) is 0 Å². The lowest BCUT2D eigenvalue weighted by molar-refractivity contribution is 1.27. The van der Waals surface area contributed by atoms with Gasteiger partial charge in [-0.2, -0.15) is 0 Å². The molecule has 0 aliphatic rings. The Labute approximate surface area is 63.6 Å². The fourth-order valence-electron chi connectivity index (χ4n) is 0.589. The van der Waals surface area contributed by atoms with Gasteiger partial charge in [0, 0.05) is 10.7 Å². The maximum absolute atomic E-state index is 5.06. The Morgan fingerprint density at radius 3 is 3.10 bits per heavy atom. The molecule has 0 bridgehead atoms. The van der Waals surface area contributed by atoms with Gasteiger partial charge in [0.1, 0.15) is 5.82 Å². The Kier molecular flexibility index (Phi) is 2.17. The minimum Gasteiger partial charge on any atom is -0.390 e. The normalized spacial score (nSPS) is 10.4. The van der Waals surface area contributed by atoms with Crippen LogP contribution in [0.2, 0.25) is 0 Å². The summed E-state index contributed by atoms with van der Waals surface area (Å²) < 4.78 is 0.749. The number of nitrogens with one attached hydrogen (secondary N) is 1. The zero-order valence-electron chi connectivity index (χ0n) is 5.24. The van der Waals surface area contributed by atoms with E-state index in [0.717, 1.165) is 4.51 Å². The van der Waals surface area contributed by atoms with Gasteiger partial charge in [-0.05, 0) is 12.1 Å². The molecule has 0 saturated heterocycles. The molecule has 1 rings (SSSR count). The molecule has 1 aromatic heterocycles. The van der Waals surface area contributed by atoms with E-state index in [2.05, 4.69) is 9.98 Å². The SMILES string of the molecule is N/C=N\c1cc(=S)cc[nH]1. The zero-order valence-corrected chi connectivity index (χ0v) is 6.06. The van der Waals surface area contributed by atoms with E-state index in [1.807, 2.05) is 0 Å². The van der Waals surface area contributed by atoms with Crippen LogP contribution in [-0.2, 0) is 0 Å². The summed E-state index contributed by atoms with van der Waals surface area (Å²) in [5.41, 5.74) is 5.06. The van der Waals surface area contributed by atoms with Gasteiger partial charge in [-0.25, -0.2) is 4.99 Å². The highest BCUT2D eigenvalue weighted by atomic mass is 32.1. The molecular weight excluding hydrogens is 146 g/mol. The number of aromatic amines is 1. The molecule has 3 nitrogen and oxygen atoms in total. The topological polar surface area (TPSA) is 54.2 Å². The molecule has 52 valence electrons. The Balaban J connectivity index is 3.07. The van der Waals surface area contributed by atoms with Crippen LogP contribution < -0.4 is 5.73 Å². The van der Waals surface area contributed by atoms with Gasteiger partial charge in [0.05, 0.1) is 6.34 Å². The zero-order chi connectivity index (χ0) is 7.40. The summed E-state index contributed by atoms with van der Waals surface area (Å²) in [5.74, 6) is 0.676. The summed E-state index contributed by atoms with van der Waals surface area (Å²) >= 11 is 4.88. The summed E-state index contributed by atoms with van der Waals surface area (Å²) in [5, 5.41) is 0. The van der Waals surface area contributed by atoms with Gasteiger partial charge in [0.2, 0.25) is 0 Å². The third-order valence-corrected chi connectivity index (χ3v) is 1.23. The van der Waals surface area contributed by atoms with Crippen LogP contribution >= 0.6 is 12.2 Å².